The number of carbonyl (C=O) groups excluding carboxylic acids is 2. The van der Waals surface area contributed by atoms with Crippen LogP contribution in [0.4, 0.5) is 8.78 Å². The minimum Gasteiger partial charge on any atom is -0.355 e. The van der Waals surface area contributed by atoms with Gasteiger partial charge in [-0.25, -0.2) is 8.78 Å². The maximum absolute atomic E-state index is 13.7. The Hall–Kier alpha value is -3.36. The summed E-state index contributed by atoms with van der Waals surface area (Å²) in [6.45, 7) is 1.49. The Morgan fingerprint density at radius 2 is 2.04 bits per heavy atom. The number of aryl methyl sites for hydroxylation is 1. The molecule has 1 aromatic carbocycles. The molecule has 0 radical (unpaired) electrons. The maximum Gasteiger partial charge on any atom is 0.273 e. The maximum atomic E-state index is 13.7. The van der Waals surface area contributed by atoms with Gasteiger partial charge in [0.2, 0.25) is 0 Å². The number of nitrogens with zero attached hydrogens (tertiary/aromatic N) is 3. The molecule has 0 aliphatic carbocycles. The number of hydrogen-bond acceptors (Lipinski definition) is 5. The molecule has 0 atom stereocenters. The van der Waals surface area contributed by atoms with Crippen molar-refractivity contribution in [2.45, 2.75) is 6.92 Å². The summed E-state index contributed by atoms with van der Waals surface area (Å²) in [6, 6.07) is 4.16. The summed E-state index contributed by atoms with van der Waals surface area (Å²) >= 11 is 0. The fraction of sp³-hybridized carbons (Fsp3) is 0.176. The van der Waals surface area contributed by atoms with Gasteiger partial charge in [-0.1, -0.05) is 5.16 Å². The number of hydrogen-bond donors (Lipinski definition) is 1. The zero-order valence-electron chi connectivity index (χ0n) is 13.9. The van der Waals surface area contributed by atoms with Crippen molar-refractivity contribution in [2.75, 3.05) is 6.54 Å². The predicted octanol–water partition coefficient (Wildman–Crippen LogP) is 2.27. The Morgan fingerprint density at radius 3 is 2.69 bits per heavy atom. The lowest BCUT2D eigenvalue weighted by atomic mass is 10.1. The van der Waals surface area contributed by atoms with Gasteiger partial charge in [0.1, 0.15) is 11.6 Å². The van der Waals surface area contributed by atoms with Crippen LogP contribution in [-0.2, 0) is 7.05 Å². The molecule has 134 valence electrons. The van der Waals surface area contributed by atoms with Gasteiger partial charge in [-0.2, -0.15) is 5.10 Å². The average molecular weight is 360 g/mol. The summed E-state index contributed by atoms with van der Waals surface area (Å²) in [5.74, 6) is -2.56. The molecule has 0 saturated carbocycles. The van der Waals surface area contributed by atoms with Crippen LogP contribution in [0, 0.1) is 18.6 Å². The third-order valence-corrected chi connectivity index (χ3v) is 3.88. The lowest BCUT2D eigenvalue weighted by Crippen LogP contribution is -2.29. The van der Waals surface area contributed by atoms with E-state index in [1.165, 1.54) is 18.3 Å². The molecule has 0 saturated heterocycles. The number of aromatic nitrogens is 3. The standard InChI is InChI=1S/C17H14F2N4O3/c1-9-12(7-21-23(9)2)15(24)8-20-17(25)14-6-16(26-22-14)11-4-3-10(18)5-13(11)19/h3-7H,8H2,1-2H3,(H,20,25). The molecule has 0 bridgehead atoms. The fourth-order valence-corrected chi connectivity index (χ4v) is 2.32. The Labute approximate surface area is 146 Å². The van der Waals surface area contributed by atoms with E-state index in [0.717, 1.165) is 6.07 Å². The summed E-state index contributed by atoms with van der Waals surface area (Å²) in [7, 11) is 1.70. The monoisotopic (exact) mass is 360 g/mol. The molecule has 2 heterocycles. The predicted molar refractivity (Wildman–Crippen MR) is 86.5 cm³/mol. The molecular formula is C17H14F2N4O3. The van der Waals surface area contributed by atoms with Crippen molar-refractivity contribution in [3.05, 3.63) is 59.0 Å². The van der Waals surface area contributed by atoms with E-state index in [2.05, 4.69) is 15.6 Å². The lowest BCUT2D eigenvalue weighted by molar-refractivity contribution is 0.0897. The summed E-state index contributed by atoms with van der Waals surface area (Å²) in [4.78, 5) is 24.2. The second kappa shape index (κ2) is 6.87. The van der Waals surface area contributed by atoms with Crippen LogP contribution >= 0.6 is 0 Å². The summed E-state index contributed by atoms with van der Waals surface area (Å²) in [5, 5.41) is 9.94. The van der Waals surface area contributed by atoms with Crippen molar-refractivity contribution < 1.29 is 22.9 Å². The molecule has 0 unspecified atom stereocenters. The van der Waals surface area contributed by atoms with E-state index in [1.54, 1.807) is 18.7 Å². The first-order chi connectivity index (χ1) is 12.4. The van der Waals surface area contributed by atoms with Crippen molar-refractivity contribution in [1.82, 2.24) is 20.3 Å². The van der Waals surface area contributed by atoms with Crippen LogP contribution in [0.2, 0.25) is 0 Å². The Bertz CT molecular complexity index is 994. The topological polar surface area (TPSA) is 90.0 Å². The van der Waals surface area contributed by atoms with Crippen LogP contribution in [0.3, 0.4) is 0 Å². The van der Waals surface area contributed by atoms with Crippen LogP contribution in [0.15, 0.2) is 35.0 Å². The molecular weight excluding hydrogens is 346 g/mol. The summed E-state index contributed by atoms with van der Waals surface area (Å²) in [5.41, 5.74) is 0.932. The van der Waals surface area contributed by atoms with Crippen molar-refractivity contribution >= 4 is 11.7 Å². The zero-order chi connectivity index (χ0) is 18.8. The Morgan fingerprint density at radius 1 is 1.27 bits per heavy atom. The number of benzene rings is 1. The van der Waals surface area contributed by atoms with Crippen LogP contribution in [0.1, 0.15) is 26.5 Å². The second-order valence-corrected chi connectivity index (χ2v) is 5.57. The minimum atomic E-state index is -0.838. The SMILES string of the molecule is Cc1c(C(=O)CNC(=O)c2cc(-c3ccc(F)cc3F)on2)cnn1C. The number of rotatable bonds is 5. The molecule has 0 aliphatic rings. The first-order valence-electron chi connectivity index (χ1n) is 7.59. The van der Waals surface area contributed by atoms with Crippen LogP contribution in [0.5, 0.6) is 0 Å². The van der Waals surface area contributed by atoms with Gasteiger partial charge in [-0.3, -0.25) is 14.3 Å². The summed E-state index contributed by atoms with van der Waals surface area (Å²) < 4.78 is 33.2. The highest BCUT2D eigenvalue weighted by Crippen LogP contribution is 2.24. The fourth-order valence-electron chi connectivity index (χ4n) is 2.32. The molecule has 3 aromatic rings. The van der Waals surface area contributed by atoms with E-state index >= 15 is 0 Å². The molecule has 1 N–H and O–H groups in total. The second-order valence-electron chi connectivity index (χ2n) is 5.57. The highest BCUT2D eigenvalue weighted by atomic mass is 19.1. The molecule has 2 aromatic heterocycles. The highest BCUT2D eigenvalue weighted by molar-refractivity contribution is 6.02. The van der Waals surface area contributed by atoms with E-state index in [9.17, 15) is 18.4 Å². The quantitative estimate of drug-likeness (QED) is 0.705. The van der Waals surface area contributed by atoms with Gasteiger partial charge in [-0.05, 0) is 19.1 Å². The molecule has 7 nitrogen and oxygen atoms in total. The highest BCUT2D eigenvalue weighted by Gasteiger charge is 2.18. The number of carbonyl (C=O) groups is 2. The number of halogens is 2. The van der Waals surface area contributed by atoms with Gasteiger partial charge in [0.05, 0.1) is 23.9 Å². The van der Waals surface area contributed by atoms with E-state index in [4.69, 9.17) is 4.52 Å². The van der Waals surface area contributed by atoms with E-state index in [0.29, 0.717) is 17.3 Å². The zero-order valence-corrected chi connectivity index (χ0v) is 13.9. The molecule has 9 heteroatoms. The minimum absolute atomic E-state index is 0.0259. The average Bonchev–Trinajstić information content (AvgIpc) is 3.20. The van der Waals surface area contributed by atoms with Crippen molar-refractivity contribution in [3.8, 4) is 11.3 Å². The van der Waals surface area contributed by atoms with E-state index in [-0.39, 0.29) is 29.3 Å². The molecule has 0 fully saturated rings. The van der Waals surface area contributed by atoms with Gasteiger partial charge in [0.15, 0.2) is 17.2 Å². The molecule has 26 heavy (non-hydrogen) atoms. The van der Waals surface area contributed by atoms with Crippen LogP contribution in [0.25, 0.3) is 11.3 Å². The third kappa shape index (κ3) is 3.37. The number of amides is 1. The van der Waals surface area contributed by atoms with Gasteiger partial charge < -0.3 is 9.84 Å². The van der Waals surface area contributed by atoms with Gasteiger partial charge in [0.25, 0.3) is 5.91 Å². The van der Waals surface area contributed by atoms with Crippen molar-refractivity contribution in [2.24, 2.45) is 7.05 Å². The third-order valence-electron chi connectivity index (χ3n) is 3.88. The number of Topliss-reactive ketones (excluding diaryl/α,β-unsaturated/α-hetero) is 1. The van der Waals surface area contributed by atoms with Gasteiger partial charge in [-0.15, -0.1) is 0 Å². The smallest absolute Gasteiger partial charge is 0.273 e. The lowest BCUT2D eigenvalue weighted by Gasteiger charge is -2.02. The largest absolute Gasteiger partial charge is 0.355 e. The van der Waals surface area contributed by atoms with Crippen molar-refractivity contribution in [1.29, 1.82) is 0 Å². The molecule has 0 aliphatic heterocycles. The van der Waals surface area contributed by atoms with E-state index < -0.39 is 17.5 Å². The first-order valence-corrected chi connectivity index (χ1v) is 7.59. The van der Waals surface area contributed by atoms with Crippen molar-refractivity contribution in [3.63, 3.8) is 0 Å². The molecule has 1 amide bonds. The van der Waals surface area contributed by atoms with E-state index in [1.807, 2.05) is 0 Å². The van der Waals surface area contributed by atoms with Crippen LogP contribution < -0.4 is 5.32 Å². The van der Waals surface area contributed by atoms with Gasteiger partial charge in [0, 0.05) is 24.9 Å². The van der Waals surface area contributed by atoms with Crippen LogP contribution in [-0.4, -0.2) is 33.2 Å². The summed E-state index contributed by atoms with van der Waals surface area (Å²) in [6.07, 6.45) is 1.43. The number of ketones is 1. The normalized spacial score (nSPS) is 10.8. The van der Waals surface area contributed by atoms with Gasteiger partial charge >= 0.3 is 0 Å². The number of nitrogens with one attached hydrogen (secondary N) is 1. The molecule has 3 rings (SSSR count). The Kier molecular flexibility index (Phi) is 4.61. The molecule has 0 spiro atoms. The Balaban J connectivity index is 1.68. The first kappa shape index (κ1) is 17.5.